The number of aliphatic hydroxyl groups is 2. The molecular weight excluding hydrogens is 392 g/mol. The van der Waals surface area contributed by atoms with Crippen LogP contribution in [0.5, 0.6) is 0 Å². The van der Waals surface area contributed by atoms with Crippen molar-refractivity contribution in [2.45, 2.75) is 62.4 Å². The Morgan fingerprint density at radius 2 is 2.03 bits per heavy atom. The van der Waals surface area contributed by atoms with Gasteiger partial charge in [0.15, 0.2) is 0 Å². The van der Waals surface area contributed by atoms with Crippen molar-refractivity contribution in [3.63, 3.8) is 0 Å². The van der Waals surface area contributed by atoms with Crippen molar-refractivity contribution in [2.75, 3.05) is 21.0 Å². The minimum Gasteiger partial charge on any atom is -0.469 e. The lowest BCUT2D eigenvalue weighted by Gasteiger charge is -2.46. The summed E-state index contributed by atoms with van der Waals surface area (Å²) in [6, 6.07) is 0. The third-order valence-electron chi connectivity index (χ3n) is 9.24. The summed E-state index contributed by atoms with van der Waals surface area (Å²) in [4.78, 5) is 26.5. The number of rotatable bonds is 4. The van der Waals surface area contributed by atoms with Gasteiger partial charge in [-0.25, -0.2) is 0 Å². The van der Waals surface area contributed by atoms with Crippen molar-refractivity contribution >= 4 is 11.9 Å². The van der Waals surface area contributed by atoms with Crippen LogP contribution in [-0.4, -0.2) is 66.6 Å². The smallest absolute Gasteiger partial charge is 0.315 e. The molecule has 4 bridgehead atoms. The first kappa shape index (κ1) is 20.4. The van der Waals surface area contributed by atoms with Gasteiger partial charge < -0.3 is 29.2 Å². The maximum atomic E-state index is 13.3. The van der Waals surface area contributed by atoms with E-state index in [9.17, 15) is 19.8 Å². The molecule has 2 N–H and O–H groups in total. The number of esters is 2. The highest BCUT2D eigenvalue weighted by molar-refractivity contribution is 5.86. The van der Waals surface area contributed by atoms with Gasteiger partial charge >= 0.3 is 11.9 Å². The first-order chi connectivity index (χ1) is 14.1. The van der Waals surface area contributed by atoms with E-state index in [1.165, 1.54) is 14.2 Å². The maximum absolute atomic E-state index is 13.3. The highest BCUT2D eigenvalue weighted by atomic mass is 16.7. The van der Waals surface area contributed by atoms with Crippen molar-refractivity contribution < 1.29 is 38.7 Å². The van der Waals surface area contributed by atoms with Crippen molar-refractivity contribution in [1.29, 1.82) is 0 Å². The molecule has 5 aliphatic rings. The molecule has 1 spiro atoms. The Bertz CT molecular complexity index is 826. The molecule has 9 atom stereocenters. The molecule has 0 unspecified atom stereocenters. The van der Waals surface area contributed by atoms with E-state index in [1.807, 2.05) is 0 Å². The Balaban J connectivity index is 1.71. The normalized spacial score (nSPS) is 53.3. The van der Waals surface area contributed by atoms with Crippen LogP contribution < -0.4 is 0 Å². The van der Waals surface area contributed by atoms with E-state index in [-0.39, 0.29) is 25.1 Å². The second-order valence-electron chi connectivity index (χ2n) is 10.0. The molecule has 1 aliphatic heterocycles. The van der Waals surface area contributed by atoms with Gasteiger partial charge in [0.25, 0.3) is 0 Å². The van der Waals surface area contributed by atoms with Gasteiger partial charge in [-0.05, 0) is 44.6 Å². The molecule has 1 saturated heterocycles. The number of carbonyl (C=O) groups is 2. The topological polar surface area (TPSA) is 112 Å². The molecule has 5 fully saturated rings. The fraction of sp³-hybridized carbons (Fsp3) is 0.818. The molecule has 0 amide bonds. The van der Waals surface area contributed by atoms with Crippen LogP contribution >= 0.6 is 0 Å². The Morgan fingerprint density at radius 1 is 1.30 bits per heavy atom. The fourth-order valence-electron chi connectivity index (χ4n) is 8.17. The van der Waals surface area contributed by atoms with E-state index in [2.05, 4.69) is 6.58 Å². The first-order valence-corrected chi connectivity index (χ1v) is 10.6. The molecule has 30 heavy (non-hydrogen) atoms. The lowest BCUT2D eigenvalue weighted by atomic mass is 9.58. The summed E-state index contributed by atoms with van der Waals surface area (Å²) >= 11 is 0. The molecule has 166 valence electrons. The molecule has 5 rings (SSSR count). The summed E-state index contributed by atoms with van der Waals surface area (Å²) in [6.07, 6.45) is 0.768. The predicted octanol–water partition coefficient (Wildman–Crippen LogP) is 0.938. The van der Waals surface area contributed by atoms with E-state index in [1.54, 1.807) is 6.92 Å². The Labute approximate surface area is 175 Å². The van der Waals surface area contributed by atoms with Gasteiger partial charge in [-0.1, -0.05) is 6.58 Å². The van der Waals surface area contributed by atoms with Gasteiger partial charge in [0.2, 0.25) is 0 Å². The van der Waals surface area contributed by atoms with Crippen LogP contribution in [-0.2, 0) is 28.5 Å². The second-order valence-corrected chi connectivity index (χ2v) is 10.0. The molecule has 0 radical (unpaired) electrons. The molecule has 4 saturated carbocycles. The van der Waals surface area contributed by atoms with Gasteiger partial charge in [0.1, 0.15) is 12.4 Å². The lowest BCUT2D eigenvalue weighted by molar-refractivity contribution is -0.175. The maximum Gasteiger partial charge on any atom is 0.315 e. The summed E-state index contributed by atoms with van der Waals surface area (Å²) in [5.74, 6) is -2.45. The van der Waals surface area contributed by atoms with E-state index in [4.69, 9.17) is 18.9 Å². The third-order valence-corrected chi connectivity index (χ3v) is 9.24. The summed E-state index contributed by atoms with van der Waals surface area (Å²) < 4.78 is 22.4. The summed E-state index contributed by atoms with van der Waals surface area (Å²) in [7, 11) is 2.84. The second kappa shape index (κ2) is 6.06. The van der Waals surface area contributed by atoms with E-state index in [0.29, 0.717) is 31.3 Å². The molecule has 0 aromatic carbocycles. The van der Waals surface area contributed by atoms with Gasteiger partial charge in [-0.15, -0.1) is 0 Å². The van der Waals surface area contributed by atoms with Crippen LogP contribution in [0.1, 0.15) is 39.0 Å². The minimum atomic E-state index is -1.22. The van der Waals surface area contributed by atoms with Gasteiger partial charge in [0.05, 0.1) is 36.3 Å². The molecule has 8 heteroatoms. The molecule has 0 aromatic heterocycles. The van der Waals surface area contributed by atoms with Gasteiger partial charge in [-0.3, -0.25) is 9.59 Å². The number of hydrogen-bond donors (Lipinski definition) is 2. The molecular formula is C22H30O8. The number of fused-ring (bicyclic) bond motifs is 1. The van der Waals surface area contributed by atoms with E-state index in [0.717, 1.165) is 0 Å². The van der Waals surface area contributed by atoms with Crippen LogP contribution in [0.4, 0.5) is 0 Å². The molecule has 1 heterocycles. The van der Waals surface area contributed by atoms with Crippen molar-refractivity contribution in [2.24, 2.45) is 28.6 Å². The lowest BCUT2D eigenvalue weighted by Crippen LogP contribution is -2.54. The quantitative estimate of drug-likeness (QED) is 0.391. The summed E-state index contributed by atoms with van der Waals surface area (Å²) in [5, 5.41) is 22.6. The van der Waals surface area contributed by atoms with Crippen LogP contribution in [0.25, 0.3) is 0 Å². The van der Waals surface area contributed by atoms with Crippen molar-refractivity contribution in [1.82, 2.24) is 0 Å². The van der Waals surface area contributed by atoms with Crippen molar-refractivity contribution in [3.05, 3.63) is 12.2 Å². The highest BCUT2D eigenvalue weighted by Crippen LogP contribution is 2.78. The van der Waals surface area contributed by atoms with Crippen LogP contribution in [0.2, 0.25) is 0 Å². The standard InChI is InChI=1S/C22H30O8/c1-11-16(23)21-9-20(11,26)7-5-12(21)22-8-6-13(29-10-27-3)19(2,18(25)30-22)15(22)14(21)17(24)28-4/h12-16,23,26H,1,5-10H2,2-4H3/t12-,13+,14-,15-,16-,19-,20-,21+,22-/m1/s1. The largest absolute Gasteiger partial charge is 0.469 e. The number of ether oxygens (including phenoxy) is 4. The van der Waals surface area contributed by atoms with Crippen LogP contribution in [0, 0.1) is 28.6 Å². The van der Waals surface area contributed by atoms with Gasteiger partial charge in [-0.2, -0.15) is 0 Å². The molecule has 0 aromatic rings. The minimum absolute atomic E-state index is 0.0316. The van der Waals surface area contributed by atoms with Crippen LogP contribution in [0.15, 0.2) is 12.2 Å². The van der Waals surface area contributed by atoms with E-state index < -0.39 is 52.0 Å². The van der Waals surface area contributed by atoms with Crippen LogP contribution in [0.3, 0.4) is 0 Å². The molecule has 8 nitrogen and oxygen atoms in total. The first-order valence-electron chi connectivity index (χ1n) is 10.6. The summed E-state index contributed by atoms with van der Waals surface area (Å²) in [6.45, 7) is 5.82. The number of methoxy groups -OCH3 is 2. The number of hydrogen-bond acceptors (Lipinski definition) is 8. The van der Waals surface area contributed by atoms with E-state index >= 15 is 0 Å². The highest BCUT2D eigenvalue weighted by Gasteiger charge is 2.86. The van der Waals surface area contributed by atoms with Gasteiger partial charge in [0, 0.05) is 24.4 Å². The molecule has 4 aliphatic carbocycles. The Morgan fingerprint density at radius 3 is 2.70 bits per heavy atom. The SMILES string of the molecule is C=C1[C@@H](O)[C@@]23C[C@]1(O)CC[C@H]2[C@@]12CC[C@H](OCOC)[C@@](C)(C(=O)O1)[C@H]2[C@@H]3C(=O)OC. The number of carbonyl (C=O) groups excluding carboxylic acids is 2. The zero-order chi connectivity index (χ0) is 21.7. The number of aliphatic hydroxyl groups excluding tert-OH is 1. The zero-order valence-corrected chi connectivity index (χ0v) is 17.7. The predicted molar refractivity (Wildman–Crippen MR) is 102 cm³/mol. The third kappa shape index (κ3) is 1.97. The average molecular weight is 422 g/mol. The fourth-order valence-corrected chi connectivity index (χ4v) is 8.17. The Hall–Kier alpha value is -1.48. The summed E-state index contributed by atoms with van der Waals surface area (Å²) in [5.41, 5.74) is -3.80. The Kier molecular flexibility index (Phi) is 4.12. The monoisotopic (exact) mass is 422 g/mol. The van der Waals surface area contributed by atoms with Crippen molar-refractivity contribution in [3.8, 4) is 0 Å². The zero-order valence-electron chi connectivity index (χ0n) is 17.7. The average Bonchev–Trinajstić information content (AvgIpc) is 3.12.